The predicted octanol–water partition coefficient (Wildman–Crippen LogP) is 3.58. The average molecular weight is 286 g/mol. The maximum absolute atomic E-state index is 6.22. The molecule has 0 atom stereocenters. The van der Waals surface area contributed by atoms with Gasteiger partial charge in [-0.2, -0.15) is 0 Å². The number of ether oxygens (including phenoxy) is 1. The molecule has 1 rings (SSSR count). The third-order valence-corrected chi connectivity index (χ3v) is 4.20. The van der Waals surface area contributed by atoms with Crippen molar-refractivity contribution in [2.45, 2.75) is 40.2 Å². The fourth-order valence-electron chi connectivity index (χ4n) is 2.11. The van der Waals surface area contributed by atoms with E-state index in [1.165, 1.54) is 5.56 Å². The Bertz CT molecular complexity index is 419. The van der Waals surface area contributed by atoms with Gasteiger partial charge in [0, 0.05) is 15.6 Å². The van der Waals surface area contributed by atoms with Crippen LogP contribution in [0.25, 0.3) is 0 Å². The van der Waals surface area contributed by atoms with Gasteiger partial charge in [0.05, 0.1) is 7.11 Å². The van der Waals surface area contributed by atoms with Crippen LogP contribution < -0.4 is 10.5 Å². The summed E-state index contributed by atoms with van der Waals surface area (Å²) in [6.45, 7) is 10.2. The van der Waals surface area contributed by atoms with Gasteiger partial charge in [0.15, 0.2) is 0 Å². The SMILES string of the molecule is COc1c(C)c(C)c(Br)c(C)c1C(C)(C)N. The van der Waals surface area contributed by atoms with E-state index in [1.807, 2.05) is 13.8 Å². The first-order valence-corrected chi connectivity index (χ1v) is 6.13. The number of rotatable bonds is 2. The molecular formula is C13H20BrNO. The highest BCUT2D eigenvalue weighted by Gasteiger charge is 2.26. The van der Waals surface area contributed by atoms with Crippen LogP contribution in [0.3, 0.4) is 0 Å². The average Bonchev–Trinajstić information content (AvgIpc) is 2.18. The number of nitrogens with two attached hydrogens (primary N) is 1. The first-order chi connectivity index (χ1) is 7.21. The Morgan fingerprint density at radius 2 is 1.56 bits per heavy atom. The van der Waals surface area contributed by atoms with Crippen LogP contribution in [0.5, 0.6) is 5.75 Å². The number of halogens is 1. The van der Waals surface area contributed by atoms with Crippen molar-refractivity contribution in [1.82, 2.24) is 0 Å². The summed E-state index contributed by atoms with van der Waals surface area (Å²) >= 11 is 3.63. The van der Waals surface area contributed by atoms with Crippen molar-refractivity contribution < 1.29 is 4.74 Å². The van der Waals surface area contributed by atoms with Crippen LogP contribution in [0.2, 0.25) is 0 Å². The highest BCUT2D eigenvalue weighted by Crippen LogP contribution is 2.40. The molecular weight excluding hydrogens is 266 g/mol. The maximum Gasteiger partial charge on any atom is 0.127 e. The van der Waals surface area contributed by atoms with Crippen molar-refractivity contribution in [2.24, 2.45) is 5.73 Å². The van der Waals surface area contributed by atoms with Gasteiger partial charge >= 0.3 is 0 Å². The fraction of sp³-hybridized carbons (Fsp3) is 0.538. The van der Waals surface area contributed by atoms with E-state index >= 15 is 0 Å². The largest absolute Gasteiger partial charge is 0.496 e. The first kappa shape index (κ1) is 13.5. The maximum atomic E-state index is 6.22. The van der Waals surface area contributed by atoms with Gasteiger partial charge in [0.25, 0.3) is 0 Å². The standard InChI is InChI=1S/C13H20BrNO/c1-7-8(2)12(16-6)10(13(4,5)15)9(3)11(7)14/h15H2,1-6H3. The minimum absolute atomic E-state index is 0.406. The van der Waals surface area contributed by atoms with Crippen LogP contribution in [0.4, 0.5) is 0 Å². The zero-order valence-corrected chi connectivity index (χ0v) is 12.4. The van der Waals surface area contributed by atoms with Gasteiger partial charge in [-0.3, -0.25) is 0 Å². The van der Waals surface area contributed by atoms with Gasteiger partial charge in [0.2, 0.25) is 0 Å². The lowest BCUT2D eigenvalue weighted by atomic mass is 9.87. The molecule has 0 aliphatic rings. The minimum atomic E-state index is -0.406. The number of hydrogen-bond acceptors (Lipinski definition) is 2. The molecule has 0 spiro atoms. The lowest BCUT2D eigenvalue weighted by Crippen LogP contribution is -2.31. The van der Waals surface area contributed by atoms with Gasteiger partial charge in [0.1, 0.15) is 5.75 Å². The molecule has 0 radical (unpaired) electrons. The summed E-state index contributed by atoms with van der Waals surface area (Å²) in [5.74, 6) is 0.908. The summed E-state index contributed by atoms with van der Waals surface area (Å²) in [4.78, 5) is 0. The molecule has 0 aliphatic heterocycles. The quantitative estimate of drug-likeness (QED) is 0.902. The molecule has 90 valence electrons. The van der Waals surface area contributed by atoms with Crippen LogP contribution >= 0.6 is 15.9 Å². The molecule has 16 heavy (non-hydrogen) atoms. The molecule has 0 aliphatic carbocycles. The third kappa shape index (κ3) is 2.11. The molecule has 0 fully saturated rings. The van der Waals surface area contributed by atoms with Crippen LogP contribution in [0, 0.1) is 20.8 Å². The van der Waals surface area contributed by atoms with E-state index in [0.717, 1.165) is 26.9 Å². The third-order valence-electron chi connectivity index (χ3n) is 3.01. The van der Waals surface area contributed by atoms with E-state index in [-0.39, 0.29) is 0 Å². The second kappa shape index (κ2) is 4.38. The van der Waals surface area contributed by atoms with Crippen molar-refractivity contribution in [1.29, 1.82) is 0 Å². The Hall–Kier alpha value is -0.540. The summed E-state index contributed by atoms with van der Waals surface area (Å²) in [5.41, 5.74) is 10.4. The highest BCUT2D eigenvalue weighted by atomic mass is 79.9. The van der Waals surface area contributed by atoms with E-state index < -0.39 is 5.54 Å². The summed E-state index contributed by atoms with van der Waals surface area (Å²) < 4.78 is 6.64. The Morgan fingerprint density at radius 3 is 1.94 bits per heavy atom. The summed E-state index contributed by atoms with van der Waals surface area (Å²) in [5, 5.41) is 0. The number of benzene rings is 1. The monoisotopic (exact) mass is 285 g/mol. The Kier molecular flexibility index (Phi) is 3.70. The molecule has 0 aromatic heterocycles. The Balaban J connectivity index is 3.72. The summed E-state index contributed by atoms with van der Waals surface area (Å²) in [6, 6.07) is 0. The molecule has 0 heterocycles. The van der Waals surface area contributed by atoms with E-state index in [0.29, 0.717) is 0 Å². The van der Waals surface area contributed by atoms with Crippen LogP contribution in [0.1, 0.15) is 36.1 Å². The molecule has 1 aromatic rings. The second-order valence-electron chi connectivity index (χ2n) is 4.82. The second-order valence-corrected chi connectivity index (χ2v) is 5.61. The van der Waals surface area contributed by atoms with Crippen molar-refractivity contribution in [2.75, 3.05) is 7.11 Å². The van der Waals surface area contributed by atoms with Crippen molar-refractivity contribution in [3.63, 3.8) is 0 Å². The van der Waals surface area contributed by atoms with Gasteiger partial charge in [-0.25, -0.2) is 0 Å². The lowest BCUT2D eigenvalue weighted by molar-refractivity contribution is 0.390. The van der Waals surface area contributed by atoms with Gasteiger partial charge in [-0.1, -0.05) is 15.9 Å². The normalized spacial score (nSPS) is 11.8. The van der Waals surface area contributed by atoms with E-state index in [2.05, 4.69) is 36.7 Å². The Morgan fingerprint density at radius 1 is 1.06 bits per heavy atom. The van der Waals surface area contributed by atoms with Gasteiger partial charge in [-0.05, 0) is 51.3 Å². The van der Waals surface area contributed by atoms with Crippen LogP contribution in [-0.4, -0.2) is 7.11 Å². The topological polar surface area (TPSA) is 35.2 Å². The fourth-order valence-corrected chi connectivity index (χ4v) is 2.61. The van der Waals surface area contributed by atoms with Gasteiger partial charge < -0.3 is 10.5 Å². The number of hydrogen-bond donors (Lipinski definition) is 1. The minimum Gasteiger partial charge on any atom is -0.496 e. The molecule has 0 saturated carbocycles. The molecule has 0 saturated heterocycles. The molecule has 2 nitrogen and oxygen atoms in total. The summed E-state index contributed by atoms with van der Waals surface area (Å²) in [7, 11) is 1.70. The molecule has 0 bridgehead atoms. The highest BCUT2D eigenvalue weighted by molar-refractivity contribution is 9.10. The van der Waals surface area contributed by atoms with E-state index in [1.54, 1.807) is 7.11 Å². The molecule has 0 unspecified atom stereocenters. The first-order valence-electron chi connectivity index (χ1n) is 5.34. The van der Waals surface area contributed by atoms with Crippen LogP contribution in [0.15, 0.2) is 4.47 Å². The zero-order chi connectivity index (χ0) is 12.7. The predicted molar refractivity (Wildman–Crippen MR) is 72.1 cm³/mol. The van der Waals surface area contributed by atoms with Gasteiger partial charge in [-0.15, -0.1) is 0 Å². The van der Waals surface area contributed by atoms with Crippen molar-refractivity contribution in [3.8, 4) is 5.75 Å². The molecule has 1 aromatic carbocycles. The van der Waals surface area contributed by atoms with E-state index in [4.69, 9.17) is 10.5 Å². The summed E-state index contributed by atoms with van der Waals surface area (Å²) in [6.07, 6.45) is 0. The van der Waals surface area contributed by atoms with Crippen molar-refractivity contribution >= 4 is 15.9 Å². The lowest BCUT2D eigenvalue weighted by Gasteiger charge is -2.27. The smallest absolute Gasteiger partial charge is 0.127 e. The number of methoxy groups -OCH3 is 1. The van der Waals surface area contributed by atoms with E-state index in [9.17, 15) is 0 Å². The molecule has 3 heteroatoms. The molecule has 0 amide bonds. The van der Waals surface area contributed by atoms with Crippen LogP contribution in [-0.2, 0) is 5.54 Å². The zero-order valence-electron chi connectivity index (χ0n) is 10.9. The van der Waals surface area contributed by atoms with Crippen molar-refractivity contribution in [3.05, 3.63) is 26.7 Å². The molecule has 2 N–H and O–H groups in total. The Labute approximate surface area is 106 Å².